The molecule has 2 N–H and O–H groups in total. The molecule has 0 heterocycles. The maximum absolute atomic E-state index is 8.54. The molecular weight excluding hydrogens is 192 g/mol. The van der Waals surface area contributed by atoms with Gasteiger partial charge in [-0.15, -0.1) is 11.7 Å². The highest BCUT2D eigenvalue weighted by molar-refractivity contribution is 8.68. The number of unbranched alkanes of at least 4 members (excludes halogenated alkanes) is 4. The Morgan fingerprint density at radius 1 is 1.00 bits per heavy atom. The summed E-state index contributed by atoms with van der Waals surface area (Å²) in [6, 6.07) is 0. The molecule has 0 aromatic rings. The molecule has 0 saturated carbocycles. The van der Waals surface area contributed by atoms with Gasteiger partial charge in [0, 0.05) is 5.75 Å². The van der Waals surface area contributed by atoms with Crippen molar-refractivity contribution in [1.29, 1.82) is 0 Å². The van der Waals surface area contributed by atoms with E-state index in [1.165, 1.54) is 19.3 Å². The molecule has 2 nitrogen and oxygen atoms in total. The second kappa shape index (κ2) is 9.71. The Balaban J connectivity index is 2.82. The zero-order chi connectivity index (χ0) is 9.23. The lowest BCUT2D eigenvalue weighted by Crippen LogP contribution is -2.02. The first-order valence-corrected chi connectivity index (χ1v) is 6.43. The molecule has 0 saturated heterocycles. The summed E-state index contributed by atoms with van der Waals surface area (Å²) >= 11 is 4.04. The second-order valence-corrected chi connectivity index (χ2v) is 4.31. The minimum atomic E-state index is -1.11. The summed E-state index contributed by atoms with van der Waals surface area (Å²) in [4.78, 5) is 0. The molecular formula is C8H18O2S2. The monoisotopic (exact) mass is 210 g/mol. The molecule has 0 aliphatic rings. The van der Waals surface area contributed by atoms with Gasteiger partial charge in [-0.25, -0.2) is 0 Å². The van der Waals surface area contributed by atoms with Crippen LogP contribution in [0.2, 0.25) is 0 Å². The van der Waals surface area contributed by atoms with Gasteiger partial charge >= 0.3 is 0 Å². The van der Waals surface area contributed by atoms with Crippen molar-refractivity contribution >= 4 is 22.5 Å². The molecule has 0 aliphatic heterocycles. The molecule has 0 aliphatic carbocycles. The van der Waals surface area contributed by atoms with Crippen LogP contribution in [0.5, 0.6) is 0 Å². The SMILES string of the molecule is OC(O)CCCCCCCSS. The van der Waals surface area contributed by atoms with Gasteiger partial charge in [0.25, 0.3) is 0 Å². The highest BCUT2D eigenvalue weighted by atomic mass is 33.1. The maximum Gasteiger partial charge on any atom is 0.151 e. The minimum absolute atomic E-state index is 0.515. The zero-order valence-electron chi connectivity index (χ0n) is 7.28. The highest BCUT2D eigenvalue weighted by Gasteiger charge is 1.96. The lowest BCUT2D eigenvalue weighted by molar-refractivity contribution is -0.0465. The fourth-order valence-corrected chi connectivity index (χ4v) is 1.74. The van der Waals surface area contributed by atoms with Crippen LogP contribution < -0.4 is 0 Å². The first kappa shape index (κ1) is 12.6. The summed E-state index contributed by atoms with van der Waals surface area (Å²) in [5.41, 5.74) is 0. The molecule has 0 unspecified atom stereocenters. The molecule has 0 amide bonds. The number of hydrogen-bond acceptors (Lipinski definition) is 4. The molecule has 0 atom stereocenters. The van der Waals surface area contributed by atoms with E-state index in [1.807, 2.05) is 0 Å². The van der Waals surface area contributed by atoms with Crippen LogP contribution >= 0.6 is 22.5 Å². The van der Waals surface area contributed by atoms with Crippen LogP contribution in [0.1, 0.15) is 38.5 Å². The van der Waals surface area contributed by atoms with Crippen LogP contribution in [0.15, 0.2) is 0 Å². The molecule has 12 heavy (non-hydrogen) atoms. The third-order valence-corrected chi connectivity index (χ3v) is 2.72. The van der Waals surface area contributed by atoms with E-state index in [4.69, 9.17) is 10.2 Å². The quantitative estimate of drug-likeness (QED) is 0.249. The van der Waals surface area contributed by atoms with Crippen molar-refractivity contribution in [2.75, 3.05) is 5.75 Å². The van der Waals surface area contributed by atoms with Crippen LogP contribution in [0, 0.1) is 0 Å². The van der Waals surface area contributed by atoms with Crippen molar-refractivity contribution in [2.24, 2.45) is 0 Å². The van der Waals surface area contributed by atoms with Crippen molar-refractivity contribution in [3.8, 4) is 0 Å². The molecule has 0 aromatic heterocycles. The van der Waals surface area contributed by atoms with Crippen molar-refractivity contribution in [2.45, 2.75) is 44.8 Å². The number of rotatable bonds is 8. The first-order valence-electron chi connectivity index (χ1n) is 4.40. The fourth-order valence-electron chi connectivity index (χ4n) is 1.02. The minimum Gasteiger partial charge on any atom is -0.368 e. The predicted octanol–water partition coefficient (Wildman–Crippen LogP) is 2.22. The molecule has 0 radical (unpaired) electrons. The number of hydrogen-bond donors (Lipinski definition) is 3. The molecule has 0 spiro atoms. The van der Waals surface area contributed by atoms with Gasteiger partial charge in [-0.2, -0.15) is 0 Å². The lowest BCUT2D eigenvalue weighted by Gasteiger charge is -2.02. The topological polar surface area (TPSA) is 40.5 Å². The summed E-state index contributed by atoms with van der Waals surface area (Å²) in [7, 11) is 1.58. The van der Waals surface area contributed by atoms with E-state index >= 15 is 0 Å². The summed E-state index contributed by atoms with van der Waals surface area (Å²) < 4.78 is 0. The summed E-state index contributed by atoms with van der Waals surface area (Å²) in [5, 5.41) is 17.1. The average molecular weight is 210 g/mol. The normalized spacial score (nSPS) is 11.0. The molecule has 0 rings (SSSR count). The van der Waals surface area contributed by atoms with Crippen LogP contribution in [0.25, 0.3) is 0 Å². The van der Waals surface area contributed by atoms with E-state index in [1.54, 1.807) is 10.8 Å². The molecule has 4 heteroatoms. The fraction of sp³-hybridized carbons (Fsp3) is 1.00. The molecule has 0 fully saturated rings. The van der Waals surface area contributed by atoms with Crippen molar-refractivity contribution in [1.82, 2.24) is 0 Å². The standard InChI is InChI=1S/C8H18O2S2/c9-8(10)6-4-2-1-3-5-7-12-11/h8-11H,1-7H2. The van der Waals surface area contributed by atoms with Gasteiger partial charge in [0.05, 0.1) is 0 Å². The first-order chi connectivity index (χ1) is 5.77. The van der Waals surface area contributed by atoms with E-state index in [0.29, 0.717) is 6.42 Å². The van der Waals surface area contributed by atoms with Gasteiger partial charge in [0.2, 0.25) is 0 Å². The Kier molecular flexibility index (Phi) is 10.2. The molecule has 0 aromatic carbocycles. The lowest BCUT2D eigenvalue weighted by atomic mass is 10.1. The Labute approximate surface area is 83.6 Å². The van der Waals surface area contributed by atoms with E-state index in [-0.39, 0.29) is 0 Å². The van der Waals surface area contributed by atoms with Gasteiger partial charge in [0.15, 0.2) is 6.29 Å². The summed E-state index contributed by atoms with van der Waals surface area (Å²) in [5.74, 6) is 1.12. The second-order valence-electron chi connectivity index (χ2n) is 2.87. The molecule has 74 valence electrons. The van der Waals surface area contributed by atoms with Gasteiger partial charge in [-0.3, -0.25) is 0 Å². The number of aliphatic hydroxyl groups is 2. The highest BCUT2D eigenvalue weighted by Crippen LogP contribution is 2.11. The third kappa shape index (κ3) is 10.6. The number of thiol groups is 1. The third-order valence-electron chi connectivity index (χ3n) is 1.70. The van der Waals surface area contributed by atoms with Crippen molar-refractivity contribution in [3.05, 3.63) is 0 Å². The van der Waals surface area contributed by atoms with Gasteiger partial charge in [0.1, 0.15) is 0 Å². The van der Waals surface area contributed by atoms with E-state index < -0.39 is 6.29 Å². The Morgan fingerprint density at radius 3 is 2.17 bits per heavy atom. The van der Waals surface area contributed by atoms with E-state index in [0.717, 1.165) is 18.6 Å². The molecule has 0 bridgehead atoms. The van der Waals surface area contributed by atoms with E-state index in [9.17, 15) is 0 Å². The predicted molar refractivity (Wildman–Crippen MR) is 57.4 cm³/mol. The van der Waals surface area contributed by atoms with Crippen LogP contribution in [0.4, 0.5) is 0 Å². The summed E-state index contributed by atoms with van der Waals surface area (Å²) in [6.45, 7) is 0. The Hall–Kier alpha value is 0.620. The average Bonchev–Trinajstić information content (AvgIpc) is 2.02. The maximum atomic E-state index is 8.54. The zero-order valence-corrected chi connectivity index (χ0v) is 8.99. The van der Waals surface area contributed by atoms with Gasteiger partial charge in [-0.1, -0.05) is 30.1 Å². The summed E-state index contributed by atoms with van der Waals surface area (Å²) in [6.07, 6.45) is 5.08. The van der Waals surface area contributed by atoms with Crippen LogP contribution in [0.3, 0.4) is 0 Å². The largest absolute Gasteiger partial charge is 0.368 e. The van der Waals surface area contributed by atoms with Crippen molar-refractivity contribution in [3.63, 3.8) is 0 Å². The van der Waals surface area contributed by atoms with Gasteiger partial charge in [-0.05, 0) is 19.3 Å². The van der Waals surface area contributed by atoms with Gasteiger partial charge < -0.3 is 10.2 Å². The Bertz CT molecular complexity index is 89.1. The van der Waals surface area contributed by atoms with E-state index in [2.05, 4.69) is 11.7 Å². The van der Waals surface area contributed by atoms with Crippen LogP contribution in [-0.4, -0.2) is 22.3 Å². The number of aliphatic hydroxyl groups excluding tert-OH is 1. The Morgan fingerprint density at radius 2 is 1.58 bits per heavy atom. The smallest absolute Gasteiger partial charge is 0.151 e. The van der Waals surface area contributed by atoms with Crippen molar-refractivity contribution < 1.29 is 10.2 Å². The van der Waals surface area contributed by atoms with Crippen LogP contribution in [-0.2, 0) is 0 Å².